The molecule has 1 heterocycles. The molecule has 5 nitrogen and oxygen atoms in total. The fourth-order valence-electron chi connectivity index (χ4n) is 4.63. The summed E-state index contributed by atoms with van der Waals surface area (Å²) < 4.78 is 37.3. The second-order valence-electron chi connectivity index (χ2n) is 8.41. The number of benzene rings is 1. The molecule has 5 rings (SSSR count). The lowest BCUT2D eigenvalue weighted by molar-refractivity contribution is -0.0158. The average molecular weight is 391 g/mol. The van der Waals surface area contributed by atoms with Gasteiger partial charge >= 0.3 is 5.92 Å². The first-order valence-corrected chi connectivity index (χ1v) is 10.0. The van der Waals surface area contributed by atoms with E-state index in [1.165, 1.54) is 0 Å². The van der Waals surface area contributed by atoms with Crippen molar-refractivity contribution in [1.29, 1.82) is 0 Å². The molecule has 2 aromatic rings. The Morgan fingerprint density at radius 2 is 1.89 bits per heavy atom. The van der Waals surface area contributed by atoms with Crippen LogP contribution in [0.2, 0.25) is 0 Å². The molecule has 152 valence electrons. The number of fused-ring (bicyclic) bond motifs is 3. The van der Waals surface area contributed by atoms with Gasteiger partial charge in [0.1, 0.15) is 5.75 Å². The molecule has 0 radical (unpaired) electrons. The van der Waals surface area contributed by atoms with Crippen molar-refractivity contribution in [2.75, 3.05) is 18.5 Å². The molecule has 7 heteroatoms. The van der Waals surface area contributed by atoms with Crippen molar-refractivity contribution in [3.8, 4) is 5.75 Å². The molecule has 3 fully saturated rings. The van der Waals surface area contributed by atoms with Crippen LogP contribution in [-0.4, -0.2) is 23.3 Å². The smallest absolute Gasteiger partial charge is 0.322 e. The van der Waals surface area contributed by atoms with E-state index < -0.39 is 11.8 Å². The Labute approximate surface area is 163 Å². The highest BCUT2D eigenvalue weighted by atomic mass is 19.3. The molecule has 0 spiro atoms. The summed E-state index contributed by atoms with van der Waals surface area (Å²) >= 11 is 0. The van der Waals surface area contributed by atoms with Crippen molar-refractivity contribution in [3.63, 3.8) is 0 Å². The molecule has 3 aliphatic rings. The van der Waals surface area contributed by atoms with Gasteiger partial charge in [0.2, 0.25) is 0 Å². The number of ether oxygens (including phenoxy) is 1. The van der Waals surface area contributed by atoms with Gasteiger partial charge in [-0.3, -0.25) is 0 Å². The van der Waals surface area contributed by atoms with Gasteiger partial charge in [0.15, 0.2) is 5.82 Å². The highest BCUT2D eigenvalue weighted by molar-refractivity contribution is 5.48. The third-order valence-corrected chi connectivity index (χ3v) is 6.49. The Hall–Kier alpha value is -2.18. The summed E-state index contributed by atoms with van der Waals surface area (Å²) in [6.07, 6.45) is 5.87. The number of halogens is 2. The zero-order chi connectivity index (χ0) is 19.8. The van der Waals surface area contributed by atoms with Gasteiger partial charge in [-0.15, -0.1) is 0 Å². The van der Waals surface area contributed by atoms with E-state index in [2.05, 4.69) is 21.5 Å². The Balaban J connectivity index is 1.40. The Morgan fingerprint density at radius 3 is 2.50 bits per heavy atom. The van der Waals surface area contributed by atoms with Crippen molar-refractivity contribution in [1.82, 2.24) is 10.1 Å². The predicted octanol–water partition coefficient (Wildman–Crippen LogP) is 5.28. The number of anilines is 1. The predicted molar refractivity (Wildman–Crippen MR) is 102 cm³/mol. The summed E-state index contributed by atoms with van der Waals surface area (Å²) in [5.74, 6) is -2.32. The van der Waals surface area contributed by atoms with Gasteiger partial charge in [0, 0.05) is 30.6 Å². The van der Waals surface area contributed by atoms with E-state index in [0.29, 0.717) is 12.4 Å². The molecule has 1 aromatic carbocycles. The number of hydrogen-bond acceptors (Lipinski definition) is 5. The van der Waals surface area contributed by atoms with E-state index in [9.17, 15) is 8.78 Å². The van der Waals surface area contributed by atoms with Crippen LogP contribution in [0.15, 0.2) is 28.8 Å². The Morgan fingerprint density at radius 1 is 1.18 bits per heavy atom. The van der Waals surface area contributed by atoms with Crippen LogP contribution in [0.25, 0.3) is 0 Å². The third kappa shape index (κ3) is 3.59. The largest absolute Gasteiger partial charge is 0.494 e. The van der Waals surface area contributed by atoms with Crippen LogP contribution in [0, 0.1) is 5.41 Å². The lowest BCUT2D eigenvalue weighted by Crippen LogP contribution is -2.47. The molecular formula is C21H27F2N3O2. The van der Waals surface area contributed by atoms with E-state index in [1.807, 2.05) is 25.1 Å². The number of nitrogens with one attached hydrogen (secondary N) is 1. The van der Waals surface area contributed by atoms with Gasteiger partial charge < -0.3 is 14.6 Å². The summed E-state index contributed by atoms with van der Waals surface area (Å²) in [6.45, 7) is 4.32. The molecule has 0 atom stereocenters. The fraction of sp³-hybridized carbons (Fsp3) is 0.619. The number of rotatable bonds is 7. The first-order valence-electron chi connectivity index (χ1n) is 10.0. The van der Waals surface area contributed by atoms with Crippen LogP contribution in [0.3, 0.4) is 0 Å². The molecular weight excluding hydrogens is 364 g/mol. The van der Waals surface area contributed by atoms with Gasteiger partial charge in [-0.1, -0.05) is 11.2 Å². The standard InChI is InChI=1S/C21H27F2N3O2/c1-3-27-16-6-4-5-15(13-16)24-14-20-7-10-21(11-8-20,12-9-20)17-25-18(28-26-17)19(2,22)23/h4-6,13,24H,3,7-12,14H2,1-2H3. The molecule has 0 unspecified atom stereocenters. The second kappa shape index (κ2) is 7.01. The Bertz CT molecular complexity index is 807. The summed E-state index contributed by atoms with van der Waals surface area (Å²) in [5, 5.41) is 7.50. The van der Waals surface area contributed by atoms with Crippen molar-refractivity contribution >= 4 is 5.69 Å². The van der Waals surface area contributed by atoms with Crippen LogP contribution in [0.5, 0.6) is 5.75 Å². The van der Waals surface area contributed by atoms with Crippen LogP contribution in [-0.2, 0) is 11.3 Å². The minimum absolute atomic E-state index is 0.205. The van der Waals surface area contributed by atoms with E-state index in [0.717, 1.165) is 63.4 Å². The number of nitrogens with zero attached hydrogens (tertiary/aromatic N) is 2. The van der Waals surface area contributed by atoms with Gasteiger partial charge in [-0.25, -0.2) is 0 Å². The van der Waals surface area contributed by atoms with Crippen LogP contribution in [0.1, 0.15) is 64.1 Å². The van der Waals surface area contributed by atoms with Crippen molar-refractivity contribution in [2.45, 2.75) is 63.7 Å². The SMILES string of the molecule is CCOc1cccc(NCC23CCC(c4noc(C(C)(F)F)n4)(CC2)CC3)c1. The molecule has 2 bridgehead atoms. The topological polar surface area (TPSA) is 60.2 Å². The summed E-state index contributed by atoms with van der Waals surface area (Å²) in [5.41, 5.74) is 1.10. The minimum atomic E-state index is -3.09. The van der Waals surface area contributed by atoms with Crippen LogP contribution < -0.4 is 10.1 Å². The maximum absolute atomic E-state index is 13.5. The maximum Gasteiger partial charge on any atom is 0.322 e. The third-order valence-electron chi connectivity index (χ3n) is 6.49. The molecule has 1 aromatic heterocycles. The van der Waals surface area contributed by atoms with E-state index in [1.54, 1.807) is 0 Å². The number of hydrogen-bond donors (Lipinski definition) is 1. The lowest BCUT2D eigenvalue weighted by Gasteiger charge is -2.52. The normalized spacial score (nSPS) is 27.0. The molecule has 3 saturated carbocycles. The second-order valence-corrected chi connectivity index (χ2v) is 8.41. The molecule has 1 N–H and O–H groups in total. The molecule has 28 heavy (non-hydrogen) atoms. The number of alkyl halides is 2. The monoisotopic (exact) mass is 391 g/mol. The molecule has 0 amide bonds. The average Bonchev–Trinajstić information content (AvgIpc) is 3.20. The quantitative estimate of drug-likeness (QED) is 0.695. The van der Waals surface area contributed by atoms with Crippen LogP contribution >= 0.6 is 0 Å². The maximum atomic E-state index is 13.5. The van der Waals surface area contributed by atoms with Crippen molar-refractivity contribution in [3.05, 3.63) is 36.0 Å². The van der Waals surface area contributed by atoms with Crippen LogP contribution in [0.4, 0.5) is 14.5 Å². The highest BCUT2D eigenvalue weighted by Crippen LogP contribution is 2.57. The number of aromatic nitrogens is 2. The molecule has 3 aliphatic carbocycles. The van der Waals surface area contributed by atoms with E-state index in [-0.39, 0.29) is 10.8 Å². The van der Waals surface area contributed by atoms with Gasteiger partial charge in [0.25, 0.3) is 5.89 Å². The van der Waals surface area contributed by atoms with Gasteiger partial charge in [-0.05, 0) is 63.0 Å². The molecule has 0 saturated heterocycles. The van der Waals surface area contributed by atoms with E-state index >= 15 is 0 Å². The Kier molecular flexibility index (Phi) is 4.79. The minimum Gasteiger partial charge on any atom is -0.494 e. The lowest BCUT2D eigenvalue weighted by atomic mass is 9.53. The summed E-state index contributed by atoms with van der Waals surface area (Å²) in [4.78, 5) is 4.06. The van der Waals surface area contributed by atoms with Gasteiger partial charge in [-0.2, -0.15) is 13.8 Å². The first kappa shape index (κ1) is 19.2. The van der Waals surface area contributed by atoms with Crippen molar-refractivity contribution < 1.29 is 18.0 Å². The zero-order valence-corrected chi connectivity index (χ0v) is 16.4. The highest BCUT2D eigenvalue weighted by Gasteiger charge is 2.52. The van der Waals surface area contributed by atoms with E-state index in [4.69, 9.17) is 9.26 Å². The fourth-order valence-corrected chi connectivity index (χ4v) is 4.63. The summed E-state index contributed by atoms with van der Waals surface area (Å²) in [7, 11) is 0. The van der Waals surface area contributed by atoms with Crippen molar-refractivity contribution in [2.24, 2.45) is 5.41 Å². The van der Waals surface area contributed by atoms with Gasteiger partial charge in [0.05, 0.1) is 6.61 Å². The zero-order valence-electron chi connectivity index (χ0n) is 16.4. The molecule has 0 aliphatic heterocycles. The first-order chi connectivity index (χ1) is 13.3. The summed E-state index contributed by atoms with van der Waals surface area (Å²) in [6, 6.07) is 8.04.